The first kappa shape index (κ1) is 14.0. The van der Waals surface area contributed by atoms with Gasteiger partial charge in [0.1, 0.15) is 12.4 Å². The zero-order valence-electron chi connectivity index (χ0n) is 12.1. The van der Waals surface area contributed by atoms with E-state index in [1.54, 1.807) is 0 Å². The Bertz CT molecular complexity index is 553. The topological polar surface area (TPSA) is 32.7 Å². The van der Waals surface area contributed by atoms with Crippen LogP contribution in [0.4, 0.5) is 5.69 Å². The maximum atomic E-state index is 9.74. The number of rotatable bonds is 4. The summed E-state index contributed by atoms with van der Waals surface area (Å²) in [5.74, 6) is 0.875. The molecule has 0 spiro atoms. The first-order valence-corrected chi connectivity index (χ1v) is 7.51. The monoisotopic (exact) mass is 283 g/mol. The quantitative estimate of drug-likeness (QED) is 0.935. The average molecular weight is 283 g/mol. The molecule has 0 aliphatic carbocycles. The van der Waals surface area contributed by atoms with Gasteiger partial charge in [0, 0.05) is 18.8 Å². The van der Waals surface area contributed by atoms with Gasteiger partial charge in [0.2, 0.25) is 0 Å². The molecule has 1 aliphatic rings. The molecule has 3 rings (SSSR count). The minimum Gasteiger partial charge on any atom is -0.489 e. The highest BCUT2D eigenvalue weighted by atomic mass is 16.5. The van der Waals surface area contributed by atoms with Crippen molar-refractivity contribution in [1.82, 2.24) is 0 Å². The molecule has 1 atom stereocenters. The van der Waals surface area contributed by atoms with Crippen molar-refractivity contribution in [3.8, 4) is 5.75 Å². The number of hydrogen-bond acceptors (Lipinski definition) is 3. The summed E-state index contributed by atoms with van der Waals surface area (Å²) in [6, 6.07) is 18.3. The number of benzene rings is 2. The Labute approximate surface area is 125 Å². The van der Waals surface area contributed by atoms with Crippen LogP contribution in [0.2, 0.25) is 0 Å². The molecule has 110 valence electrons. The molecule has 0 bridgehead atoms. The number of anilines is 1. The van der Waals surface area contributed by atoms with E-state index in [1.165, 1.54) is 5.56 Å². The van der Waals surface area contributed by atoms with Gasteiger partial charge in [-0.3, -0.25) is 0 Å². The van der Waals surface area contributed by atoms with Crippen LogP contribution in [0.5, 0.6) is 5.75 Å². The maximum absolute atomic E-state index is 9.74. The van der Waals surface area contributed by atoms with Gasteiger partial charge < -0.3 is 14.7 Å². The molecule has 1 saturated heterocycles. The Balaban J connectivity index is 1.59. The third kappa shape index (κ3) is 3.76. The summed E-state index contributed by atoms with van der Waals surface area (Å²) in [5.41, 5.74) is 2.32. The Hall–Kier alpha value is -2.00. The fraction of sp³-hybridized carbons (Fsp3) is 0.333. The minimum absolute atomic E-state index is 0.201. The van der Waals surface area contributed by atoms with Crippen LogP contribution in [0.1, 0.15) is 18.4 Å². The molecule has 0 aromatic heterocycles. The Morgan fingerprint density at radius 2 is 1.81 bits per heavy atom. The van der Waals surface area contributed by atoms with Crippen LogP contribution in [0.3, 0.4) is 0 Å². The molecule has 3 heteroatoms. The molecule has 0 saturated carbocycles. The van der Waals surface area contributed by atoms with E-state index in [-0.39, 0.29) is 6.10 Å². The summed E-state index contributed by atoms with van der Waals surface area (Å²) in [6.45, 7) is 2.33. The van der Waals surface area contributed by atoms with Crippen molar-refractivity contribution in [2.75, 3.05) is 18.0 Å². The lowest BCUT2D eigenvalue weighted by molar-refractivity contribution is 0.154. The van der Waals surface area contributed by atoms with Crippen molar-refractivity contribution in [2.24, 2.45) is 0 Å². The normalized spacial score (nSPS) is 18.5. The van der Waals surface area contributed by atoms with E-state index in [0.717, 1.165) is 37.4 Å². The van der Waals surface area contributed by atoms with Crippen LogP contribution in [0, 0.1) is 0 Å². The van der Waals surface area contributed by atoms with E-state index in [4.69, 9.17) is 4.74 Å². The molecule has 1 unspecified atom stereocenters. The average Bonchev–Trinajstić information content (AvgIpc) is 2.54. The van der Waals surface area contributed by atoms with Crippen molar-refractivity contribution >= 4 is 5.69 Å². The Morgan fingerprint density at radius 3 is 2.52 bits per heavy atom. The largest absolute Gasteiger partial charge is 0.489 e. The van der Waals surface area contributed by atoms with Gasteiger partial charge in [-0.25, -0.2) is 0 Å². The number of nitrogens with zero attached hydrogens (tertiary/aromatic N) is 1. The minimum atomic E-state index is -0.201. The molecule has 1 aliphatic heterocycles. The molecular formula is C18H21NO2. The van der Waals surface area contributed by atoms with E-state index < -0.39 is 0 Å². The lowest BCUT2D eigenvalue weighted by Gasteiger charge is -2.32. The van der Waals surface area contributed by atoms with Crippen molar-refractivity contribution in [3.05, 3.63) is 60.2 Å². The summed E-state index contributed by atoms with van der Waals surface area (Å²) in [5, 5.41) is 9.74. The highest BCUT2D eigenvalue weighted by molar-refractivity contribution is 5.49. The molecule has 2 aromatic carbocycles. The number of ether oxygens (including phenoxy) is 1. The van der Waals surface area contributed by atoms with Crippen LogP contribution >= 0.6 is 0 Å². The second-order valence-corrected chi connectivity index (χ2v) is 5.51. The number of β-amino-alcohol motifs (C(OH)–C–C–N with tert-alkyl or cyclic N) is 1. The number of piperidine rings is 1. The lowest BCUT2D eigenvalue weighted by Crippen LogP contribution is -2.38. The van der Waals surface area contributed by atoms with Gasteiger partial charge in [-0.2, -0.15) is 0 Å². The summed E-state index contributed by atoms with van der Waals surface area (Å²) in [6.07, 6.45) is 1.76. The summed E-state index contributed by atoms with van der Waals surface area (Å²) >= 11 is 0. The predicted molar refractivity (Wildman–Crippen MR) is 84.7 cm³/mol. The van der Waals surface area contributed by atoms with Gasteiger partial charge in [0.15, 0.2) is 0 Å². The molecule has 0 amide bonds. The van der Waals surface area contributed by atoms with Crippen LogP contribution < -0.4 is 9.64 Å². The standard InChI is InChI=1S/C18H21NO2/c20-17-7-4-12-19(13-17)16-8-10-18(11-9-16)21-14-15-5-2-1-3-6-15/h1-3,5-6,8-11,17,20H,4,7,12-14H2. The fourth-order valence-electron chi connectivity index (χ4n) is 2.68. The van der Waals surface area contributed by atoms with Crippen molar-refractivity contribution < 1.29 is 9.84 Å². The van der Waals surface area contributed by atoms with E-state index >= 15 is 0 Å². The highest BCUT2D eigenvalue weighted by Crippen LogP contribution is 2.23. The third-order valence-electron chi connectivity index (χ3n) is 3.85. The van der Waals surface area contributed by atoms with E-state index in [9.17, 15) is 5.11 Å². The van der Waals surface area contributed by atoms with E-state index in [0.29, 0.717) is 6.61 Å². The third-order valence-corrected chi connectivity index (χ3v) is 3.85. The predicted octanol–water partition coefficient (Wildman–Crippen LogP) is 3.23. The molecule has 21 heavy (non-hydrogen) atoms. The van der Waals surface area contributed by atoms with E-state index in [1.807, 2.05) is 30.3 Å². The number of hydrogen-bond donors (Lipinski definition) is 1. The zero-order valence-corrected chi connectivity index (χ0v) is 12.1. The molecule has 1 heterocycles. The molecule has 0 radical (unpaired) electrons. The van der Waals surface area contributed by atoms with Crippen LogP contribution in [0.15, 0.2) is 54.6 Å². The fourth-order valence-corrected chi connectivity index (χ4v) is 2.68. The maximum Gasteiger partial charge on any atom is 0.119 e. The smallest absolute Gasteiger partial charge is 0.119 e. The molecule has 1 fully saturated rings. The van der Waals surface area contributed by atoms with Gasteiger partial charge in [0.05, 0.1) is 6.10 Å². The molecule has 1 N–H and O–H groups in total. The SMILES string of the molecule is OC1CCCN(c2ccc(OCc3ccccc3)cc2)C1. The van der Waals surface area contributed by atoms with Crippen LogP contribution in [0.25, 0.3) is 0 Å². The highest BCUT2D eigenvalue weighted by Gasteiger charge is 2.17. The molecular weight excluding hydrogens is 262 g/mol. The van der Waals surface area contributed by atoms with Crippen LogP contribution in [-0.2, 0) is 6.61 Å². The number of aliphatic hydroxyl groups excluding tert-OH is 1. The van der Waals surface area contributed by atoms with E-state index in [2.05, 4.69) is 29.2 Å². The Morgan fingerprint density at radius 1 is 1.05 bits per heavy atom. The molecule has 3 nitrogen and oxygen atoms in total. The van der Waals surface area contributed by atoms with Gasteiger partial charge in [0.25, 0.3) is 0 Å². The summed E-state index contributed by atoms with van der Waals surface area (Å²) in [7, 11) is 0. The van der Waals surface area contributed by atoms with Gasteiger partial charge in [-0.05, 0) is 42.7 Å². The molecule has 2 aromatic rings. The lowest BCUT2D eigenvalue weighted by atomic mass is 10.1. The number of aliphatic hydroxyl groups is 1. The van der Waals surface area contributed by atoms with Gasteiger partial charge in [-0.15, -0.1) is 0 Å². The Kier molecular flexibility index (Phi) is 4.41. The van der Waals surface area contributed by atoms with Gasteiger partial charge in [-0.1, -0.05) is 30.3 Å². The zero-order chi connectivity index (χ0) is 14.5. The second kappa shape index (κ2) is 6.64. The summed E-state index contributed by atoms with van der Waals surface area (Å²) < 4.78 is 5.79. The van der Waals surface area contributed by atoms with Crippen molar-refractivity contribution in [1.29, 1.82) is 0 Å². The van der Waals surface area contributed by atoms with Crippen LogP contribution in [-0.4, -0.2) is 24.3 Å². The van der Waals surface area contributed by atoms with Gasteiger partial charge >= 0.3 is 0 Å². The first-order valence-electron chi connectivity index (χ1n) is 7.51. The van der Waals surface area contributed by atoms with Crippen molar-refractivity contribution in [2.45, 2.75) is 25.6 Å². The first-order chi connectivity index (χ1) is 10.3. The van der Waals surface area contributed by atoms with Crippen molar-refractivity contribution in [3.63, 3.8) is 0 Å². The second-order valence-electron chi connectivity index (χ2n) is 5.51. The summed E-state index contributed by atoms with van der Waals surface area (Å²) in [4.78, 5) is 2.23.